The van der Waals surface area contributed by atoms with E-state index in [1.54, 1.807) is 12.4 Å². The van der Waals surface area contributed by atoms with Crippen molar-refractivity contribution in [3.8, 4) is 11.3 Å². The van der Waals surface area contributed by atoms with Crippen LogP contribution >= 0.6 is 0 Å². The molecule has 1 fully saturated rings. The van der Waals surface area contributed by atoms with Crippen molar-refractivity contribution in [3.63, 3.8) is 0 Å². The molecule has 1 saturated heterocycles. The Hall–Kier alpha value is -2.43. The summed E-state index contributed by atoms with van der Waals surface area (Å²) in [6, 6.07) is 7.71. The topological polar surface area (TPSA) is 58.1 Å². The minimum absolute atomic E-state index is 0.176. The number of nitrogens with zero attached hydrogens (tertiary/aromatic N) is 3. The van der Waals surface area contributed by atoms with Gasteiger partial charge in [-0.15, -0.1) is 0 Å². The van der Waals surface area contributed by atoms with Gasteiger partial charge in [-0.1, -0.05) is 0 Å². The Morgan fingerprint density at radius 3 is 2.81 bits per heavy atom. The number of nitrogens with one attached hydrogen (secondary N) is 1. The number of hydrogen-bond acceptors (Lipinski definition) is 4. The molecule has 5 nitrogen and oxygen atoms in total. The number of carbonyl (C=O) groups excluding carboxylic acids is 1. The van der Waals surface area contributed by atoms with Crippen molar-refractivity contribution in [1.29, 1.82) is 0 Å². The van der Waals surface area contributed by atoms with E-state index in [1.165, 1.54) is 0 Å². The van der Waals surface area contributed by atoms with Crippen LogP contribution in [0.1, 0.15) is 19.3 Å². The minimum atomic E-state index is 0.176. The maximum absolute atomic E-state index is 12.2. The molecule has 0 unspecified atom stereocenters. The molecule has 0 saturated carbocycles. The summed E-state index contributed by atoms with van der Waals surface area (Å²) < 4.78 is 0. The molecule has 1 aliphatic rings. The summed E-state index contributed by atoms with van der Waals surface area (Å²) in [6.07, 6.45) is 6.16. The van der Waals surface area contributed by atoms with Gasteiger partial charge in [-0.25, -0.2) is 4.98 Å². The van der Waals surface area contributed by atoms with Crippen LogP contribution in [-0.4, -0.2) is 29.5 Å². The van der Waals surface area contributed by atoms with E-state index in [2.05, 4.69) is 15.3 Å². The van der Waals surface area contributed by atoms with Gasteiger partial charge in [-0.2, -0.15) is 0 Å². The van der Waals surface area contributed by atoms with Crippen LogP contribution in [0.4, 0.5) is 11.5 Å². The van der Waals surface area contributed by atoms with Crippen LogP contribution in [0.15, 0.2) is 36.7 Å². The van der Waals surface area contributed by atoms with Gasteiger partial charge in [-0.3, -0.25) is 9.78 Å². The summed E-state index contributed by atoms with van der Waals surface area (Å²) in [5.74, 6) is 0.987. The molecule has 1 N–H and O–H groups in total. The summed E-state index contributed by atoms with van der Waals surface area (Å²) >= 11 is 0. The van der Waals surface area contributed by atoms with Crippen molar-refractivity contribution >= 4 is 17.4 Å². The third-order valence-corrected chi connectivity index (χ3v) is 3.69. The normalized spacial score (nSPS) is 15.1. The van der Waals surface area contributed by atoms with Crippen molar-refractivity contribution in [2.24, 2.45) is 0 Å². The fourth-order valence-corrected chi connectivity index (χ4v) is 2.58. The van der Waals surface area contributed by atoms with Crippen molar-refractivity contribution in [1.82, 2.24) is 9.97 Å². The first-order valence-corrected chi connectivity index (χ1v) is 7.19. The highest BCUT2D eigenvalue weighted by molar-refractivity contribution is 5.97. The molecule has 1 amide bonds. The molecule has 5 heteroatoms. The Morgan fingerprint density at radius 2 is 2.10 bits per heavy atom. The van der Waals surface area contributed by atoms with Crippen molar-refractivity contribution < 1.29 is 4.79 Å². The highest BCUT2D eigenvalue weighted by Gasteiger charge is 2.22. The molecule has 0 aromatic carbocycles. The summed E-state index contributed by atoms with van der Waals surface area (Å²) in [4.78, 5) is 22.8. The van der Waals surface area contributed by atoms with Crippen LogP contribution in [0.25, 0.3) is 11.3 Å². The van der Waals surface area contributed by atoms with Crippen LogP contribution in [0, 0.1) is 0 Å². The standard InChI is InChI=1S/C16H18N4O/c1-17-14-8-7-12(11-19-14)16-13(5-4-9-18-16)20-10-3-2-6-15(20)21/h4-5,7-9,11H,2-3,6,10H2,1H3,(H,17,19). The molecule has 21 heavy (non-hydrogen) atoms. The number of piperidine rings is 1. The molecular formula is C16H18N4O. The zero-order valence-electron chi connectivity index (χ0n) is 12.0. The van der Waals surface area contributed by atoms with E-state index >= 15 is 0 Å². The van der Waals surface area contributed by atoms with Crippen LogP contribution in [0.5, 0.6) is 0 Å². The number of carbonyl (C=O) groups is 1. The first-order valence-electron chi connectivity index (χ1n) is 7.19. The Bertz CT molecular complexity index is 639. The molecule has 2 aromatic rings. The van der Waals surface area contributed by atoms with E-state index in [0.29, 0.717) is 6.42 Å². The van der Waals surface area contributed by atoms with E-state index in [0.717, 1.165) is 42.1 Å². The number of anilines is 2. The van der Waals surface area contributed by atoms with Gasteiger partial charge in [0.1, 0.15) is 5.82 Å². The minimum Gasteiger partial charge on any atom is -0.373 e. The molecule has 2 aromatic heterocycles. The molecule has 0 aliphatic carbocycles. The maximum atomic E-state index is 12.2. The molecule has 0 radical (unpaired) electrons. The van der Waals surface area contributed by atoms with Crippen molar-refractivity contribution in [3.05, 3.63) is 36.7 Å². The zero-order valence-corrected chi connectivity index (χ0v) is 12.0. The average molecular weight is 282 g/mol. The number of rotatable bonds is 3. The van der Waals surface area contributed by atoms with Gasteiger partial charge >= 0.3 is 0 Å². The quantitative estimate of drug-likeness (QED) is 0.940. The number of pyridine rings is 2. The van der Waals surface area contributed by atoms with Gasteiger partial charge in [0.2, 0.25) is 5.91 Å². The monoisotopic (exact) mass is 282 g/mol. The van der Waals surface area contributed by atoms with Crippen LogP contribution < -0.4 is 10.2 Å². The second-order valence-electron chi connectivity index (χ2n) is 5.06. The van der Waals surface area contributed by atoms with Gasteiger partial charge in [-0.05, 0) is 37.1 Å². The van der Waals surface area contributed by atoms with Gasteiger partial charge in [0.05, 0.1) is 11.4 Å². The molecule has 108 valence electrons. The van der Waals surface area contributed by atoms with Gasteiger partial charge in [0.25, 0.3) is 0 Å². The molecule has 0 atom stereocenters. The van der Waals surface area contributed by atoms with Gasteiger partial charge in [0, 0.05) is 38.0 Å². The fraction of sp³-hybridized carbons (Fsp3) is 0.312. The first-order chi connectivity index (χ1) is 10.3. The summed E-state index contributed by atoms with van der Waals surface area (Å²) in [6.45, 7) is 0.763. The Morgan fingerprint density at radius 1 is 1.19 bits per heavy atom. The third kappa shape index (κ3) is 2.72. The highest BCUT2D eigenvalue weighted by Crippen LogP contribution is 2.30. The lowest BCUT2D eigenvalue weighted by atomic mass is 10.1. The summed E-state index contributed by atoms with van der Waals surface area (Å²) in [5.41, 5.74) is 2.60. The van der Waals surface area contributed by atoms with Crippen LogP contribution in [0.3, 0.4) is 0 Å². The molecular weight excluding hydrogens is 264 g/mol. The largest absolute Gasteiger partial charge is 0.373 e. The highest BCUT2D eigenvalue weighted by atomic mass is 16.2. The molecule has 3 heterocycles. The Balaban J connectivity index is 2.00. The second kappa shape index (κ2) is 5.91. The molecule has 0 bridgehead atoms. The number of aromatic nitrogens is 2. The summed E-state index contributed by atoms with van der Waals surface area (Å²) in [7, 11) is 1.83. The second-order valence-corrected chi connectivity index (χ2v) is 5.06. The fourth-order valence-electron chi connectivity index (χ4n) is 2.58. The lowest BCUT2D eigenvalue weighted by Crippen LogP contribution is -2.35. The molecule has 1 aliphatic heterocycles. The predicted octanol–water partition coefficient (Wildman–Crippen LogP) is 2.70. The average Bonchev–Trinajstić information content (AvgIpc) is 2.55. The van der Waals surface area contributed by atoms with Crippen molar-refractivity contribution in [2.75, 3.05) is 23.8 Å². The van der Waals surface area contributed by atoms with Gasteiger partial charge in [0.15, 0.2) is 0 Å². The summed E-state index contributed by atoms with van der Waals surface area (Å²) in [5, 5.41) is 2.99. The Kier molecular flexibility index (Phi) is 3.81. The maximum Gasteiger partial charge on any atom is 0.227 e. The smallest absolute Gasteiger partial charge is 0.227 e. The van der Waals surface area contributed by atoms with E-state index in [4.69, 9.17) is 0 Å². The van der Waals surface area contributed by atoms with E-state index < -0.39 is 0 Å². The number of hydrogen-bond donors (Lipinski definition) is 1. The lowest BCUT2D eigenvalue weighted by Gasteiger charge is -2.28. The zero-order chi connectivity index (χ0) is 14.7. The van der Waals surface area contributed by atoms with Crippen LogP contribution in [-0.2, 0) is 4.79 Å². The van der Waals surface area contributed by atoms with Crippen molar-refractivity contribution in [2.45, 2.75) is 19.3 Å². The Labute approximate surface area is 124 Å². The lowest BCUT2D eigenvalue weighted by molar-refractivity contribution is -0.119. The van der Waals surface area contributed by atoms with E-state index in [1.807, 2.05) is 36.2 Å². The molecule has 3 rings (SSSR count). The van der Waals surface area contributed by atoms with Crippen LogP contribution in [0.2, 0.25) is 0 Å². The van der Waals surface area contributed by atoms with E-state index in [9.17, 15) is 4.79 Å². The number of amides is 1. The third-order valence-electron chi connectivity index (χ3n) is 3.69. The van der Waals surface area contributed by atoms with Gasteiger partial charge < -0.3 is 10.2 Å². The molecule has 0 spiro atoms. The first kappa shape index (κ1) is 13.5. The van der Waals surface area contributed by atoms with E-state index in [-0.39, 0.29) is 5.91 Å². The predicted molar refractivity (Wildman–Crippen MR) is 83.2 cm³/mol. The SMILES string of the molecule is CNc1ccc(-c2ncccc2N2CCCCC2=O)cn1.